The Morgan fingerprint density at radius 3 is 2.50 bits per heavy atom. The van der Waals surface area contributed by atoms with Crippen molar-refractivity contribution >= 4 is 21.6 Å². The maximum Gasteiger partial charge on any atom is 0.240 e. The van der Waals surface area contributed by atoms with Crippen LogP contribution in [0, 0.1) is 5.82 Å². The van der Waals surface area contributed by atoms with Gasteiger partial charge in [0.05, 0.1) is 16.1 Å². The van der Waals surface area contributed by atoms with Crippen LogP contribution in [0.1, 0.15) is 5.56 Å². The molecule has 0 atom stereocenters. The molecule has 3 rings (SSSR count). The fourth-order valence-corrected chi connectivity index (χ4v) is 3.79. The number of nitrogens with zero attached hydrogens (tertiary/aromatic N) is 2. The van der Waals surface area contributed by atoms with E-state index in [-0.39, 0.29) is 16.5 Å². The summed E-state index contributed by atoms with van der Waals surface area (Å²) in [5.74, 6) is -0.653. The molecule has 5 nitrogen and oxygen atoms in total. The SMILES string of the molecule is Cn1cc(-c2ccc(CCNS(=O)(=O)c3ccc(F)c(Cl)c3)cc2)cn1. The third-order valence-corrected chi connectivity index (χ3v) is 5.65. The molecule has 0 saturated heterocycles. The van der Waals surface area contributed by atoms with Crippen LogP contribution >= 0.6 is 11.6 Å². The lowest BCUT2D eigenvalue weighted by Crippen LogP contribution is -2.26. The van der Waals surface area contributed by atoms with Crippen molar-refractivity contribution in [2.45, 2.75) is 11.3 Å². The van der Waals surface area contributed by atoms with Crippen molar-refractivity contribution in [2.24, 2.45) is 7.05 Å². The van der Waals surface area contributed by atoms with Crippen molar-refractivity contribution in [3.63, 3.8) is 0 Å². The Labute approximate surface area is 156 Å². The first-order chi connectivity index (χ1) is 12.3. The Balaban J connectivity index is 1.61. The molecule has 0 aliphatic carbocycles. The molecule has 0 aliphatic rings. The van der Waals surface area contributed by atoms with Crippen LogP contribution in [-0.2, 0) is 23.5 Å². The van der Waals surface area contributed by atoms with Crippen molar-refractivity contribution in [2.75, 3.05) is 6.54 Å². The van der Waals surface area contributed by atoms with Gasteiger partial charge in [0, 0.05) is 25.4 Å². The molecule has 0 saturated carbocycles. The second kappa shape index (κ2) is 7.57. The third kappa shape index (κ3) is 4.30. The number of sulfonamides is 1. The fraction of sp³-hybridized carbons (Fsp3) is 0.167. The average molecular weight is 394 g/mol. The number of hydrogen-bond donors (Lipinski definition) is 1. The van der Waals surface area contributed by atoms with Crippen LogP contribution in [0.2, 0.25) is 5.02 Å². The van der Waals surface area contributed by atoms with E-state index in [1.54, 1.807) is 10.9 Å². The zero-order chi connectivity index (χ0) is 18.7. The lowest BCUT2D eigenvalue weighted by atomic mass is 10.1. The van der Waals surface area contributed by atoms with Crippen molar-refractivity contribution in [1.82, 2.24) is 14.5 Å². The number of benzene rings is 2. The van der Waals surface area contributed by atoms with E-state index in [9.17, 15) is 12.8 Å². The second-order valence-corrected chi connectivity index (χ2v) is 8.00. The van der Waals surface area contributed by atoms with Gasteiger partial charge >= 0.3 is 0 Å². The third-order valence-electron chi connectivity index (χ3n) is 3.90. The molecule has 0 unspecified atom stereocenters. The minimum Gasteiger partial charge on any atom is -0.275 e. The molecule has 26 heavy (non-hydrogen) atoms. The molecule has 0 amide bonds. The molecule has 8 heteroatoms. The van der Waals surface area contributed by atoms with E-state index in [0.29, 0.717) is 6.42 Å². The molecule has 0 spiro atoms. The van der Waals surface area contributed by atoms with E-state index in [2.05, 4.69) is 9.82 Å². The van der Waals surface area contributed by atoms with Crippen LogP contribution in [-0.4, -0.2) is 24.7 Å². The lowest BCUT2D eigenvalue weighted by Gasteiger charge is -2.08. The molecule has 0 aliphatic heterocycles. The van der Waals surface area contributed by atoms with E-state index in [1.807, 2.05) is 37.5 Å². The van der Waals surface area contributed by atoms with E-state index in [0.717, 1.165) is 28.8 Å². The van der Waals surface area contributed by atoms with Gasteiger partial charge in [-0.1, -0.05) is 35.9 Å². The van der Waals surface area contributed by atoms with E-state index in [4.69, 9.17) is 11.6 Å². The predicted molar refractivity (Wildman–Crippen MR) is 98.9 cm³/mol. The summed E-state index contributed by atoms with van der Waals surface area (Å²) in [7, 11) is -1.87. The summed E-state index contributed by atoms with van der Waals surface area (Å²) in [4.78, 5) is -0.0594. The van der Waals surface area contributed by atoms with Gasteiger partial charge in [-0.05, 0) is 35.7 Å². The van der Waals surface area contributed by atoms with Gasteiger partial charge < -0.3 is 0 Å². The van der Waals surface area contributed by atoms with Gasteiger partial charge in [-0.25, -0.2) is 17.5 Å². The zero-order valence-electron chi connectivity index (χ0n) is 14.0. The Bertz CT molecular complexity index is 1020. The number of aryl methyl sites for hydroxylation is 1. The van der Waals surface area contributed by atoms with Gasteiger partial charge in [0.2, 0.25) is 10.0 Å². The predicted octanol–water partition coefficient (Wildman–Crippen LogP) is 3.40. The molecular weight excluding hydrogens is 377 g/mol. The topological polar surface area (TPSA) is 64.0 Å². The highest BCUT2D eigenvalue weighted by molar-refractivity contribution is 7.89. The highest BCUT2D eigenvalue weighted by Crippen LogP contribution is 2.20. The van der Waals surface area contributed by atoms with Gasteiger partial charge in [-0.15, -0.1) is 0 Å². The molecule has 2 aromatic carbocycles. The quantitative estimate of drug-likeness (QED) is 0.698. The van der Waals surface area contributed by atoms with Gasteiger partial charge in [0.15, 0.2) is 0 Å². The minimum absolute atomic E-state index is 0.0594. The summed E-state index contributed by atoms with van der Waals surface area (Å²) in [5, 5.41) is 3.92. The Morgan fingerprint density at radius 1 is 1.15 bits per heavy atom. The summed E-state index contributed by atoms with van der Waals surface area (Å²) in [6.07, 6.45) is 4.25. The summed E-state index contributed by atoms with van der Waals surface area (Å²) < 4.78 is 41.8. The van der Waals surface area contributed by atoms with Gasteiger partial charge in [-0.2, -0.15) is 5.10 Å². The molecule has 0 fully saturated rings. The maximum atomic E-state index is 13.2. The largest absolute Gasteiger partial charge is 0.275 e. The van der Waals surface area contributed by atoms with Crippen LogP contribution in [0.15, 0.2) is 59.8 Å². The molecule has 136 valence electrons. The van der Waals surface area contributed by atoms with Crippen LogP contribution in [0.3, 0.4) is 0 Å². The first kappa shape index (κ1) is 18.6. The summed E-state index contributed by atoms with van der Waals surface area (Å²) in [6.45, 7) is 0.226. The number of nitrogens with one attached hydrogen (secondary N) is 1. The first-order valence-corrected chi connectivity index (χ1v) is 9.74. The van der Waals surface area contributed by atoms with Crippen LogP contribution < -0.4 is 4.72 Å². The average Bonchev–Trinajstić information content (AvgIpc) is 3.04. The van der Waals surface area contributed by atoms with E-state index < -0.39 is 15.8 Å². The van der Waals surface area contributed by atoms with Crippen molar-refractivity contribution in [3.05, 3.63) is 71.3 Å². The molecule has 1 aromatic heterocycles. The van der Waals surface area contributed by atoms with E-state index in [1.165, 1.54) is 6.07 Å². The smallest absolute Gasteiger partial charge is 0.240 e. The van der Waals surface area contributed by atoms with Gasteiger partial charge in [-0.3, -0.25) is 4.68 Å². The standard InChI is InChI=1S/C18H17ClFN3O2S/c1-23-12-15(11-21-23)14-4-2-13(3-5-14)8-9-22-26(24,25)16-6-7-18(20)17(19)10-16/h2-7,10-12,22H,8-9H2,1H3. The maximum absolute atomic E-state index is 13.2. The van der Waals surface area contributed by atoms with Crippen molar-refractivity contribution in [1.29, 1.82) is 0 Å². The molecule has 1 heterocycles. The minimum atomic E-state index is -3.73. The van der Waals surface area contributed by atoms with E-state index >= 15 is 0 Å². The monoisotopic (exact) mass is 393 g/mol. The Morgan fingerprint density at radius 2 is 1.88 bits per heavy atom. The fourth-order valence-electron chi connectivity index (χ4n) is 2.49. The Hall–Kier alpha value is -2.22. The summed E-state index contributed by atoms with van der Waals surface area (Å²) in [5.41, 5.74) is 3.06. The van der Waals surface area contributed by atoms with Crippen LogP contribution in [0.25, 0.3) is 11.1 Å². The molecule has 0 bridgehead atoms. The second-order valence-electron chi connectivity index (χ2n) is 5.82. The van der Waals surface area contributed by atoms with Gasteiger partial charge in [0.25, 0.3) is 0 Å². The van der Waals surface area contributed by atoms with Crippen molar-refractivity contribution in [3.8, 4) is 11.1 Å². The van der Waals surface area contributed by atoms with Crippen molar-refractivity contribution < 1.29 is 12.8 Å². The Kier molecular flexibility index (Phi) is 5.41. The molecule has 1 N–H and O–H groups in total. The highest BCUT2D eigenvalue weighted by atomic mass is 35.5. The van der Waals surface area contributed by atoms with Crippen LogP contribution in [0.4, 0.5) is 4.39 Å². The normalized spacial score (nSPS) is 11.7. The number of rotatable bonds is 6. The molecule has 0 radical (unpaired) electrons. The number of halogens is 2. The highest BCUT2D eigenvalue weighted by Gasteiger charge is 2.15. The first-order valence-electron chi connectivity index (χ1n) is 7.88. The zero-order valence-corrected chi connectivity index (χ0v) is 15.6. The molecular formula is C18H17ClFN3O2S. The number of aromatic nitrogens is 2. The summed E-state index contributed by atoms with van der Waals surface area (Å²) >= 11 is 5.64. The van der Waals surface area contributed by atoms with Gasteiger partial charge in [0.1, 0.15) is 5.82 Å². The lowest BCUT2D eigenvalue weighted by molar-refractivity contribution is 0.580. The number of hydrogen-bond acceptors (Lipinski definition) is 3. The summed E-state index contributed by atoms with van der Waals surface area (Å²) in [6, 6.07) is 11.2. The molecule has 3 aromatic rings. The van der Waals surface area contributed by atoms with Crippen LogP contribution in [0.5, 0.6) is 0 Å².